The maximum absolute atomic E-state index is 9.51. The zero-order valence-corrected chi connectivity index (χ0v) is 8.37. The highest BCUT2D eigenvalue weighted by Crippen LogP contribution is 2.26. The van der Waals surface area contributed by atoms with Crippen molar-refractivity contribution < 1.29 is 14.6 Å². The van der Waals surface area contributed by atoms with Gasteiger partial charge in [0, 0.05) is 5.56 Å². The molecule has 1 fully saturated rings. The van der Waals surface area contributed by atoms with Crippen LogP contribution in [0.3, 0.4) is 0 Å². The number of ether oxygens (including phenoxy) is 2. The molecule has 0 bridgehead atoms. The fourth-order valence-corrected chi connectivity index (χ4v) is 1.55. The summed E-state index contributed by atoms with van der Waals surface area (Å²) in [6, 6.07) is 9.66. The zero-order valence-electron chi connectivity index (χ0n) is 8.37. The highest BCUT2D eigenvalue weighted by atomic mass is 16.7. The van der Waals surface area contributed by atoms with Crippen LogP contribution < -0.4 is 0 Å². The van der Waals surface area contributed by atoms with Crippen molar-refractivity contribution in [2.45, 2.75) is 18.5 Å². The molecule has 0 unspecified atom stereocenters. The van der Waals surface area contributed by atoms with Crippen LogP contribution in [0.2, 0.25) is 0 Å². The van der Waals surface area contributed by atoms with Crippen LogP contribution >= 0.6 is 0 Å². The van der Waals surface area contributed by atoms with Gasteiger partial charge in [-0.15, -0.1) is 6.58 Å². The van der Waals surface area contributed by atoms with Crippen LogP contribution in [0, 0.1) is 0 Å². The van der Waals surface area contributed by atoms with Crippen LogP contribution in [0.25, 0.3) is 0 Å². The normalized spacial score (nSPS) is 31.1. The molecule has 1 N–H and O–H groups in total. The van der Waals surface area contributed by atoms with Gasteiger partial charge in [0.1, 0.15) is 12.2 Å². The molecule has 0 aromatic heterocycles. The summed E-state index contributed by atoms with van der Waals surface area (Å²) in [6.45, 7) is 3.90. The molecule has 0 spiro atoms. The molecule has 15 heavy (non-hydrogen) atoms. The topological polar surface area (TPSA) is 38.7 Å². The molecular weight excluding hydrogens is 192 g/mol. The molecule has 80 valence electrons. The second-order valence-corrected chi connectivity index (χ2v) is 3.48. The van der Waals surface area contributed by atoms with Gasteiger partial charge in [-0.1, -0.05) is 36.4 Å². The van der Waals surface area contributed by atoms with Gasteiger partial charge in [-0.2, -0.15) is 0 Å². The lowest BCUT2D eigenvalue weighted by Crippen LogP contribution is -2.38. The first-order valence-electron chi connectivity index (χ1n) is 4.94. The van der Waals surface area contributed by atoms with E-state index in [9.17, 15) is 5.11 Å². The lowest BCUT2D eigenvalue weighted by Gasteiger charge is -2.32. The van der Waals surface area contributed by atoms with Gasteiger partial charge in [0.25, 0.3) is 0 Å². The molecule has 0 aliphatic carbocycles. The van der Waals surface area contributed by atoms with E-state index in [1.165, 1.54) is 0 Å². The Kier molecular flexibility index (Phi) is 3.16. The molecular formula is C12H14O3. The fraction of sp³-hybridized carbons (Fsp3) is 0.333. The van der Waals surface area contributed by atoms with E-state index in [4.69, 9.17) is 9.47 Å². The quantitative estimate of drug-likeness (QED) is 0.748. The molecule has 1 heterocycles. The smallest absolute Gasteiger partial charge is 0.184 e. The van der Waals surface area contributed by atoms with Crippen molar-refractivity contribution in [2.75, 3.05) is 6.61 Å². The van der Waals surface area contributed by atoms with Crippen molar-refractivity contribution in [1.29, 1.82) is 0 Å². The first kappa shape index (κ1) is 10.4. The van der Waals surface area contributed by atoms with Crippen molar-refractivity contribution in [1.82, 2.24) is 0 Å². The Bertz CT molecular complexity index is 323. The minimum absolute atomic E-state index is 0.274. The lowest BCUT2D eigenvalue weighted by molar-refractivity contribution is -0.243. The molecule has 0 amide bonds. The number of rotatable bonds is 2. The fourth-order valence-electron chi connectivity index (χ4n) is 1.55. The molecule has 1 saturated heterocycles. The summed E-state index contributed by atoms with van der Waals surface area (Å²) in [7, 11) is 0. The predicted octanol–water partition coefficient (Wildman–Crippen LogP) is 1.65. The van der Waals surface area contributed by atoms with Crippen LogP contribution in [-0.2, 0) is 9.47 Å². The average Bonchev–Trinajstić information content (AvgIpc) is 2.31. The van der Waals surface area contributed by atoms with Gasteiger partial charge in [-0.3, -0.25) is 0 Å². The summed E-state index contributed by atoms with van der Waals surface area (Å²) in [5, 5.41) is 9.51. The maximum Gasteiger partial charge on any atom is 0.184 e. The largest absolute Gasteiger partial charge is 0.388 e. The number of benzene rings is 1. The Labute approximate surface area is 88.9 Å². The molecule has 2 rings (SSSR count). The van der Waals surface area contributed by atoms with E-state index in [2.05, 4.69) is 6.58 Å². The Balaban J connectivity index is 2.09. The molecule has 0 radical (unpaired) electrons. The van der Waals surface area contributed by atoms with Gasteiger partial charge in [0.2, 0.25) is 0 Å². The Morgan fingerprint density at radius 1 is 1.33 bits per heavy atom. The standard InChI is InChI=1S/C12H14O3/c1-2-11-10(13)8-14-12(15-11)9-6-4-3-5-7-9/h2-7,10-13H,1,8H2/t10-,11-,12+/m0/s1. The molecule has 1 aliphatic heterocycles. The van der Waals surface area contributed by atoms with E-state index >= 15 is 0 Å². The molecule has 1 aliphatic rings. The van der Waals surface area contributed by atoms with E-state index in [1.54, 1.807) is 6.08 Å². The molecule has 0 saturated carbocycles. The van der Waals surface area contributed by atoms with Crippen molar-refractivity contribution in [3.8, 4) is 0 Å². The van der Waals surface area contributed by atoms with Crippen LogP contribution in [0.15, 0.2) is 43.0 Å². The van der Waals surface area contributed by atoms with E-state index in [0.717, 1.165) is 5.56 Å². The third-order valence-electron chi connectivity index (χ3n) is 2.38. The predicted molar refractivity (Wildman–Crippen MR) is 56.2 cm³/mol. The molecule has 3 nitrogen and oxygen atoms in total. The SMILES string of the molecule is C=C[C@@H]1O[C@H](c2ccccc2)OC[C@@H]1O. The highest BCUT2D eigenvalue weighted by Gasteiger charge is 2.29. The second-order valence-electron chi connectivity index (χ2n) is 3.48. The summed E-state index contributed by atoms with van der Waals surface area (Å²) in [4.78, 5) is 0. The second kappa shape index (κ2) is 4.57. The maximum atomic E-state index is 9.51. The average molecular weight is 206 g/mol. The third-order valence-corrected chi connectivity index (χ3v) is 2.38. The van der Waals surface area contributed by atoms with E-state index in [0.29, 0.717) is 0 Å². The monoisotopic (exact) mass is 206 g/mol. The van der Waals surface area contributed by atoms with Gasteiger partial charge < -0.3 is 14.6 Å². The number of hydrogen-bond donors (Lipinski definition) is 1. The van der Waals surface area contributed by atoms with Gasteiger partial charge in [0.05, 0.1) is 6.61 Å². The van der Waals surface area contributed by atoms with Crippen molar-refractivity contribution in [2.24, 2.45) is 0 Å². The summed E-state index contributed by atoms with van der Waals surface area (Å²) in [5.41, 5.74) is 0.955. The van der Waals surface area contributed by atoms with Gasteiger partial charge in [-0.25, -0.2) is 0 Å². The summed E-state index contributed by atoms with van der Waals surface area (Å²) < 4.78 is 10.9. The Hall–Kier alpha value is -1.16. The van der Waals surface area contributed by atoms with Crippen molar-refractivity contribution >= 4 is 0 Å². The van der Waals surface area contributed by atoms with Gasteiger partial charge in [0.15, 0.2) is 6.29 Å². The highest BCUT2D eigenvalue weighted by molar-refractivity contribution is 5.16. The minimum atomic E-state index is -0.623. The first-order valence-corrected chi connectivity index (χ1v) is 4.94. The van der Waals surface area contributed by atoms with E-state index in [1.807, 2.05) is 30.3 Å². The number of aliphatic hydroxyl groups is 1. The van der Waals surface area contributed by atoms with Crippen LogP contribution in [0.1, 0.15) is 11.9 Å². The van der Waals surface area contributed by atoms with E-state index < -0.39 is 12.4 Å². The molecule has 1 aromatic rings. The lowest BCUT2D eigenvalue weighted by atomic mass is 10.1. The van der Waals surface area contributed by atoms with Crippen LogP contribution in [0.4, 0.5) is 0 Å². The van der Waals surface area contributed by atoms with Crippen molar-refractivity contribution in [3.05, 3.63) is 48.6 Å². The van der Waals surface area contributed by atoms with E-state index in [-0.39, 0.29) is 12.7 Å². The zero-order chi connectivity index (χ0) is 10.7. The van der Waals surface area contributed by atoms with Crippen molar-refractivity contribution in [3.63, 3.8) is 0 Å². The van der Waals surface area contributed by atoms with Gasteiger partial charge >= 0.3 is 0 Å². The minimum Gasteiger partial charge on any atom is -0.388 e. The number of hydrogen-bond acceptors (Lipinski definition) is 3. The Morgan fingerprint density at radius 2 is 2.07 bits per heavy atom. The number of aliphatic hydroxyl groups excluding tert-OH is 1. The summed E-state index contributed by atoms with van der Waals surface area (Å²) in [6.07, 6.45) is 0.215. The molecule has 3 atom stereocenters. The molecule has 1 aromatic carbocycles. The Morgan fingerprint density at radius 3 is 2.73 bits per heavy atom. The molecule has 3 heteroatoms. The first-order chi connectivity index (χ1) is 7.31. The third kappa shape index (κ3) is 2.26. The summed E-state index contributed by atoms with van der Waals surface area (Å²) in [5.74, 6) is 0. The van der Waals surface area contributed by atoms with Crippen LogP contribution in [-0.4, -0.2) is 23.9 Å². The van der Waals surface area contributed by atoms with Crippen LogP contribution in [0.5, 0.6) is 0 Å². The summed E-state index contributed by atoms with van der Waals surface area (Å²) >= 11 is 0. The van der Waals surface area contributed by atoms with Gasteiger partial charge in [-0.05, 0) is 0 Å².